The second-order valence-corrected chi connectivity index (χ2v) is 3.91. The Morgan fingerprint density at radius 3 is 2.75 bits per heavy atom. The molecule has 12 heavy (non-hydrogen) atoms. The number of aliphatic hydroxyl groups is 1. The normalized spacial score (nSPS) is 36.8. The summed E-state index contributed by atoms with van der Waals surface area (Å²) in [6, 6.07) is 0.137. The Labute approximate surface area is 74.1 Å². The van der Waals surface area contributed by atoms with Crippen LogP contribution in [0.3, 0.4) is 0 Å². The highest BCUT2D eigenvalue weighted by atomic mass is 16.2. The molecule has 0 spiro atoms. The minimum absolute atomic E-state index is 0.137. The molecule has 0 heterocycles. The van der Waals surface area contributed by atoms with E-state index in [1.807, 2.05) is 0 Å². The molecular formula is C9H20N2O. The maximum atomic E-state index is 8.70. The highest BCUT2D eigenvalue weighted by molar-refractivity contribution is 4.96. The summed E-state index contributed by atoms with van der Waals surface area (Å²) in [7, 11) is 0. The van der Waals surface area contributed by atoms with Crippen LogP contribution in [0.25, 0.3) is 0 Å². The Morgan fingerprint density at radius 1 is 1.42 bits per heavy atom. The minimum Gasteiger partial charge on any atom is -0.396 e. The van der Waals surface area contributed by atoms with E-state index in [4.69, 9.17) is 16.6 Å². The summed E-state index contributed by atoms with van der Waals surface area (Å²) in [5.74, 6) is 0. The lowest BCUT2D eigenvalue weighted by Gasteiger charge is -2.39. The summed E-state index contributed by atoms with van der Waals surface area (Å²) in [5.41, 5.74) is 11.9. The summed E-state index contributed by atoms with van der Waals surface area (Å²) in [5, 5.41) is 8.70. The zero-order valence-corrected chi connectivity index (χ0v) is 7.63. The zero-order valence-electron chi connectivity index (χ0n) is 7.63. The maximum absolute atomic E-state index is 8.70. The van der Waals surface area contributed by atoms with Crippen LogP contribution in [0.15, 0.2) is 0 Å². The van der Waals surface area contributed by atoms with Crippen molar-refractivity contribution < 1.29 is 5.11 Å². The van der Waals surface area contributed by atoms with Gasteiger partial charge in [-0.2, -0.15) is 0 Å². The Hall–Kier alpha value is -0.120. The summed E-state index contributed by atoms with van der Waals surface area (Å²) >= 11 is 0. The molecule has 0 amide bonds. The second-order valence-electron chi connectivity index (χ2n) is 3.91. The molecule has 2 unspecified atom stereocenters. The molecule has 1 saturated carbocycles. The molecule has 1 aliphatic carbocycles. The third kappa shape index (κ3) is 2.19. The summed E-state index contributed by atoms with van der Waals surface area (Å²) in [6.45, 7) is 0.228. The molecule has 1 aliphatic rings. The van der Waals surface area contributed by atoms with Gasteiger partial charge >= 0.3 is 0 Å². The van der Waals surface area contributed by atoms with Crippen molar-refractivity contribution in [3.05, 3.63) is 0 Å². The first-order valence-electron chi connectivity index (χ1n) is 4.84. The number of nitrogens with two attached hydrogens (primary N) is 2. The molecule has 72 valence electrons. The first-order valence-corrected chi connectivity index (χ1v) is 4.84. The number of hydrogen-bond donors (Lipinski definition) is 3. The third-order valence-corrected chi connectivity index (χ3v) is 2.95. The molecule has 0 aromatic rings. The number of hydrogen-bond acceptors (Lipinski definition) is 3. The quantitative estimate of drug-likeness (QED) is 0.575. The van der Waals surface area contributed by atoms with Crippen molar-refractivity contribution in [3.8, 4) is 0 Å². The maximum Gasteiger partial charge on any atom is 0.0431 e. The van der Waals surface area contributed by atoms with Gasteiger partial charge in [0, 0.05) is 18.2 Å². The fraction of sp³-hybridized carbons (Fsp3) is 1.00. The Kier molecular flexibility index (Phi) is 3.50. The molecule has 1 rings (SSSR count). The van der Waals surface area contributed by atoms with Crippen molar-refractivity contribution in [2.45, 2.75) is 50.1 Å². The van der Waals surface area contributed by atoms with Crippen LogP contribution in [-0.4, -0.2) is 23.3 Å². The predicted octanol–water partition coefficient (Wildman–Crippen LogP) is 0.358. The summed E-state index contributed by atoms with van der Waals surface area (Å²) in [6.07, 6.45) is 6.11. The van der Waals surface area contributed by atoms with Gasteiger partial charge in [0.25, 0.3) is 0 Å². The van der Waals surface area contributed by atoms with Crippen LogP contribution in [0, 0.1) is 0 Å². The monoisotopic (exact) mass is 172 g/mol. The number of aliphatic hydroxyl groups excluding tert-OH is 1. The van der Waals surface area contributed by atoms with E-state index in [2.05, 4.69) is 0 Å². The molecule has 3 heteroatoms. The van der Waals surface area contributed by atoms with Crippen LogP contribution in [0.2, 0.25) is 0 Å². The smallest absolute Gasteiger partial charge is 0.0431 e. The van der Waals surface area contributed by atoms with Gasteiger partial charge in [-0.1, -0.05) is 12.8 Å². The van der Waals surface area contributed by atoms with Gasteiger partial charge in [0.15, 0.2) is 0 Å². The van der Waals surface area contributed by atoms with Gasteiger partial charge in [-0.25, -0.2) is 0 Å². The molecule has 1 fully saturated rings. The molecule has 0 aliphatic heterocycles. The average molecular weight is 172 g/mol. The SMILES string of the molecule is NC1CCCCC1(N)CCCO. The van der Waals surface area contributed by atoms with Crippen LogP contribution in [0.4, 0.5) is 0 Å². The first kappa shape index (κ1) is 9.96. The molecule has 0 aromatic heterocycles. The van der Waals surface area contributed by atoms with E-state index < -0.39 is 0 Å². The molecule has 0 aromatic carbocycles. The Balaban J connectivity index is 2.42. The van der Waals surface area contributed by atoms with E-state index in [-0.39, 0.29) is 18.2 Å². The lowest BCUT2D eigenvalue weighted by molar-refractivity contribution is 0.205. The van der Waals surface area contributed by atoms with Gasteiger partial charge in [-0.05, 0) is 25.7 Å². The van der Waals surface area contributed by atoms with Crippen molar-refractivity contribution in [2.75, 3.05) is 6.61 Å². The Bertz CT molecular complexity index is 140. The highest BCUT2D eigenvalue weighted by Crippen LogP contribution is 2.28. The van der Waals surface area contributed by atoms with E-state index >= 15 is 0 Å². The van der Waals surface area contributed by atoms with Crippen molar-refractivity contribution in [2.24, 2.45) is 11.5 Å². The van der Waals surface area contributed by atoms with Crippen molar-refractivity contribution in [1.29, 1.82) is 0 Å². The second kappa shape index (κ2) is 4.21. The van der Waals surface area contributed by atoms with Crippen LogP contribution in [0.5, 0.6) is 0 Å². The Morgan fingerprint density at radius 2 is 2.17 bits per heavy atom. The zero-order chi connectivity index (χ0) is 9.03. The van der Waals surface area contributed by atoms with Crippen LogP contribution in [-0.2, 0) is 0 Å². The van der Waals surface area contributed by atoms with E-state index in [0.29, 0.717) is 0 Å². The van der Waals surface area contributed by atoms with Gasteiger partial charge in [-0.15, -0.1) is 0 Å². The summed E-state index contributed by atoms with van der Waals surface area (Å²) < 4.78 is 0. The average Bonchev–Trinajstić information content (AvgIpc) is 2.07. The van der Waals surface area contributed by atoms with Crippen LogP contribution in [0.1, 0.15) is 38.5 Å². The lowest BCUT2D eigenvalue weighted by Crippen LogP contribution is -2.57. The predicted molar refractivity (Wildman–Crippen MR) is 49.7 cm³/mol. The van der Waals surface area contributed by atoms with E-state index in [1.54, 1.807) is 0 Å². The molecule has 0 bridgehead atoms. The van der Waals surface area contributed by atoms with Crippen molar-refractivity contribution in [1.82, 2.24) is 0 Å². The van der Waals surface area contributed by atoms with Gasteiger partial charge in [0.05, 0.1) is 0 Å². The third-order valence-electron chi connectivity index (χ3n) is 2.95. The van der Waals surface area contributed by atoms with E-state index in [1.165, 1.54) is 12.8 Å². The fourth-order valence-electron chi connectivity index (χ4n) is 2.01. The first-order chi connectivity index (χ1) is 5.69. The summed E-state index contributed by atoms with van der Waals surface area (Å²) in [4.78, 5) is 0. The molecule has 0 radical (unpaired) electrons. The fourth-order valence-corrected chi connectivity index (χ4v) is 2.01. The largest absolute Gasteiger partial charge is 0.396 e. The van der Waals surface area contributed by atoms with Crippen molar-refractivity contribution >= 4 is 0 Å². The van der Waals surface area contributed by atoms with Crippen LogP contribution < -0.4 is 11.5 Å². The topological polar surface area (TPSA) is 72.3 Å². The molecule has 0 saturated heterocycles. The molecule has 2 atom stereocenters. The highest BCUT2D eigenvalue weighted by Gasteiger charge is 2.33. The number of rotatable bonds is 3. The van der Waals surface area contributed by atoms with E-state index in [0.717, 1.165) is 25.7 Å². The molecular weight excluding hydrogens is 152 g/mol. The van der Waals surface area contributed by atoms with Gasteiger partial charge in [-0.3, -0.25) is 0 Å². The van der Waals surface area contributed by atoms with E-state index in [9.17, 15) is 0 Å². The molecule has 5 N–H and O–H groups in total. The standard InChI is InChI=1S/C9H20N2O/c10-8-4-1-2-5-9(8,11)6-3-7-12/h8,12H,1-7,10-11H2. The molecule has 3 nitrogen and oxygen atoms in total. The van der Waals surface area contributed by atoms with Crippen molar-refractivity contribution in [3.63, 3.8) is 0 Å². The van der Waals surface area contributed by atoms with Gasteiger partial charge < -0.3 is 16.6 Å². The minimum atomic E-state index is -0.193. The van der Waals surface area contributed by atoms with Gasteiger partial charge in [0.1, 0.15) is 0 Å². The van der Waals surface area contributed by atoms with Gasteiger partial charge in [0.2, 0.25) is 0 Å². The lowest BCUT2D eigenvalue weighted by atomic mass is 9.76. The van der Waals surface area contributed by atoms with Crippen LogP contribution >= 0.6 is 0 Å².